The molecule has 0 amide bonds. The van der Waals surface area contributed by atoms with E-state index < -0.39 is 22.7 Å². The average molecular weight is 452 g/mol. The molecule has 0 saturated carbocycles. The summed E-state index contributed by atoms with van der Waals surface area (Å²) in [7, 11) is -3.51. The molecule has 3 aromatic carbocycles. The summed E-state index contributed by atoms with van der Waals surface area (Å²) >= 11 is 6.14. The first-order valence-electron chi connectivity index (χ1n) is 8.84. The van der Waals surface area contributed by atoms with E-state index in [9.17, 15) is 17.2 Å². The molecular weight excluding hydrogens is 436 g/mol. The molecule has 156 valence electrons. The zero-order valence-electron chi connectivity index (χ0n) is 15.6. The van der Waals surface area contributed by atoms with Gasteiger partial charge < -0.3 is 9.47 Å². The topological polar surface area (TPSA) is 64.6 Å². The molecule has 3 aromatic rings. The fourth-order valence-corrected chi connectivity index (χ4v) is 4.20. The molecule has 1 heterocycles. The van der Waals surface area contributed by atoms with E-state index in [1.165, 1.54) is 6.07 Å². The normalized spacial score (nSPS) is 15.2. The summed E-state index contributed by atoms with van der Waals surface area (Å²) < 4.78 is 62.7. The van der Waals surface area contributed by atoms with Crippen molar-refractivity contribution in [2.24, 2.45) is 0 Å². The first kappa shape index (κ1) is 20.4. The SMILES string of the molecule is CS(=O)(=O)Nc1ccc2c(c1)C(c1ccccc1)Oc1ccc(Cl)c(OC(F)F)c1-2. The van der Waals surface area contributed by atoms with Gasteiger partial charge in [0.05, 0.1) is 16.8 Å². The van der Waals surface area contributed by atoms with Crippen molar-refractivity contribution in [1.82, 2.24) is 0 Å². The van der Waals surface area contributed by atoms with Crippen LogP contribution in [-0.2, 0) is 10.0 Å². The van der Waals surface area contributed by atoms with Crippen molar-refractivity contribution >= 4 is 27.3 Å². The van der Waals surface area contributed by atoms with E-state index in [4.69, 9.17) is 21.1 Å². The van der Waals surface area contributed by atoms with E-state index >= 15 is 0 Å². The third-order valence-electron chi connectivity index (χ3n) is 4.53. The van der Waals surface area contributed by atoms with E-state index in [1.807, 2.05) is 30.3 Å². The average Bonchev–Trinajstić information content (AvgIpc) is 2.68. The lowest BCUT2D eigenvalue weighted by Gasteiger charge is -2.31. The molecule has 1 aliphatic rings. The fraction of sp³-hybridized carbons (Fsp3) is 0.143. The molecule has 9 heteroatoms. The summed E-state index contributed by atoms with van der Waals surface area (Å²) in [6.07, 6.45) is 0.456. The Morgan fingerprint density at radius 2 is 1.83 bits per heavy atom. The minimum Gasteiger partial charge on any atom is -0.480 e. The Balaban J connectivity index is 1.94. The summed E-state index contributed by atoms with van der Waals surface area (Å²) in [5.41, 5.74) is 2.57. The van der Waals surface area contributed by atoms with Gasteiger partial charge in [-0.2, -0.15) is 8.78 Å². The van der Waals surface area contributed by atoms with Gasteiger partial charge in [0.2, 0.25) is 10.0 Å². The maximum Gasteiger partial charge on any atom is 0.387 e. The number of hydrogen-bond acceptors (Lipinski definition) is 4. The molecule has 0 aromatic heterocycles. The molecule has 1 N–H and O–H groups in total. The third kappa shape index (κ3) is 4.06. The summed E-state index contributed by atoms with van der Waals surface area (Å²) in [6, 6.07) is 17.1. The highest BCUT2D eigenvalue weighted by molar-refractivity contribution is 7.92. The Kier molecular flexibility index (Phi) is 5.29. The molecular formula is C21H16ClF2NO4S. The van der Waals surface area contributed by atoms with Crippen LogP contribution in [0.15, 0.2) is 60.7 Å². The summed E-state index contributed by atoms with van der Waals surface area (Å²) in [5, 5.41) is 0.0140. The summed E-state index contributed by atoms with van der Waals surface area (Å²) in [4.78, 5) is 0. The predicted molar refractivity (Wildman–Crippen MR) is 111 cm³/mol. The van der Waals surface area contributed by atoms with Crippen LogP contribution >= 0.6 is 11.6 Å². The van der Waals surface area contributed by atoms with E-state index in [-0.39, 0.29) is 16.3 Å². The number of benzene rings is 3. The van der Waals surface area contributed by atoms with Gasteiger partial charge in [0, 0.05) is 11.3 Å². The number of hydrogen-bond donors (Lipinski definition) is 1. The zero-order chi connectivity index (χ0) is 21.5. The van der Waals surface area contributed by atoms with Crippen LogP contribution in [0.3, 0.4) is 0 Å². The number of fused-ring (bicyclic) bond motifs is 3. The Hall–Kier alpha value is -2.84. The molecule has 0 spiro atoms. The van der Waals surface area contributed by atoms with Gasteiger partial charge in [-0.15, -0.1) is 0 Å². The molecule has 1 aliphatic heterocycles. The standard InChI is InChI=1S/C21H16ClF2NO4S/c1-30(26,27)25-13-7-8-14-15(11-13)19(12-5-3-2-4-6-12)28-17-10-9-16(22)20(18(14)17)29-21(23)24/h2-11,19,21,25H,1H3. The fourth-order valence-electron chi connectivity index (χ4n) is 3.45. The molecule has 0 fully saturated rings. The van der Waals surface area contributed by atoms with Crippen molar-refractivity contribution in [3.05, 3.63) is 76.8 Å². The van der Waals surface area contributed by atoms with Crippen LogP contribution in [0.1, 0.15) is 17.2 Å². The number of halogens is 3. The van der Waals surface area contributed by atoms with Crippen LogP contribution in [-0.4, -0.2) is 21.3 Å². The summed E-state index contributed by atoms with van der Waals surface area (Å²) in [5.74, 6) is 0.140. The molecule has 0 bridgehead atoms. The van der Waals surface area contributed by atoms with Gasteiger partial charge in [-0.25, -0.2) is 8.42 Å². The van der Waals surface area contributed by atoms with Crippen molar-refractivity contribution in [2.45, 2.75) is 12.7 Å². The van der Waals surface area contributed by atoms with Gasteiger partial charge in [-0.1, -0.05) is 48.0 Å². The number of ether oxygens (including phenoxy) is 2. The quantitative estimate of drug-likeness (QED) is 0.559. The molecule has 1 unspecified atom stereocenters. The van der Waals surface area contributed by atoms with Gasteiger partial charge in [-0.05, 0) is 35.4 Å². The molecule has 0 radical (unpaired) electrons. The molecule has 1 atom stereocenters. The van der Waals surface area contributed by atoms with Crippen molar-refractivity contribution in [3.8, 4) is 22.6 Å². The second-order valence-corrected chi connectivity index (χ2v) is 8.87. The van der Waals surface area contributed by atoms with Gasteiger partial charge in [0.1, 0.15) is 11.9 Å². The highest BCUT2D eigenvalue weighted by atomic mass is 35.5. The highest BCUT2D eigenvalue weighted by Crippen LogP contribution is 2.52. The minimum absolute atomic E-state index is 0.0140. The zero-order valence-corrected chi connectivity index (χ0v) is 17.2. The monoisotopic (exact) mass is 451 g/mol. The van der Waals surface area contributed by atoms with Gasteiger partial charge >= 0.3 is 6.61 Å². The van der Waals surface area contributed by atoms with Crippen molar-refractivity contribution in [2.75, 3.05) is 11.0 Å². The van der Waals surface area contributed by atoms with E-state index in [2.05, 4.69) is 4.72 Å². The number of nitrogens with one attached hydrogen (secondary N) is 1. The van der Waals surface area contributed by atoms with Crippen LogP contribution in [0, 0.1) is 0 Å². The number of rotatable bonds is 5. The molecule has 4 rings (SSSR count). The van der Waals surface area contributed by atoms with Gasteiger partial charge in [0.15, 0.2) is 5.75 Å². The van der Waals surface area contributed by atoms with Crippen LogP contribution < -0.4 is 14.2 Å². The second kappa shape index (κ2) is 7.77. The van der Waals surface area contributed by atoms with Crippen LogP contribution in [0.4, 0.5) is 14.5 Å². The predicted octanol–water partition coefficient (Wildman–Crippen LogP) is 5.46. The van der Waals surface area contributed by atoms with E-state index in [0.717, 1.165) is 11.8 Å². The van der Waals surface area contributed by atoms with Gasteiger partial charge in [-0.3, -0.25) is 4.72 Å². The Morgan fingerprint density at radius 3 is 2.50 bits per heavy atom. The largest absolute Gasteiger partial charge is 0.480 e. The molecule has 5 nitrogen and oxygen atoms in total. The van der Waals surface area contributed by atoms with Crippen LogP contribution in [0.25, 0.3) is 11.1 Å². The first-order valence-corrected chi connectivity index (χ1v) is 11.1. The van der Waals surface area contributed by atoms with Crippen LogP contribution in [0.5, 0.6) is 11.5 Å². The Morgan fingerprint density at radius 1 is 1.10 bits per heavy atom. The molecule has 0 saturated heterocycles. The van der Waals surface area contributed by atoms with Crippen molar-refractivity contribution in [1.29, 1.82) is 0 Å². The van der Waals surface area contributed by atoms with E-state index in [0.29, 0.717) is 22.6 Å². The lowest BCUT2D eigenvalue weighted by atomic mass is 9.89. The van der Waals surface area contributed by atoms with E-state index in [1.54, 1.807) is 24.3 Å². The minimum atomic E-state index is -3.51. The first-order chi connectivity index (χ1) is 14.2. The summed E-state index contributed by atoms with van der Waals surface area (Å²) in [6.45, 7) is -3.07. The third-order valence-corrected chi connectivity index (χ3v) is 5.44. The Bertz CT molecular complexity index is 1200. The lowest BCUT2D eigenvalue weighted by Crippen LogP contribution is -2.18. The maximum atomic E-state index is 13.0. The maximum absolute atomic E-state index is 13.0. The highest BCUT2D eigenvalue weighted by Gasteiger charge is 2.32. The second-order valence-electron chi connectivity index (χ2n) is 6.71. The van der Waals surface area contributed by atoms with Gasteiger partial charge in [0.25, 0.3) is 0 Å². The molecule has 30 heavy (non-hydrogen) atoms. The number of anilines is 1. The van der Waals surface area contributed by atoms with Crippen LogP contribution in [0.2, 0.25) is 5.02 Å². The lowest BCUT2D eigenvalue weighted by molar-refractivity contribution is -0.0495. The smallest absolute Gasteiger partial charge is 0.387 e. The number of alkyl halides is 2. The number of sulfonamides is 1. The van der Waals surface area contributed by atoms with Crippen molar-refractivity contribution < 1.29 is 26.7 Å². The van der Waals surface area contributed by atoms with Crippen molar-refractivity contribution in [3.63, 3.8) is 0 Å². The molecule has 0 aliphatic carbocycles. The Labute approximate surface area is 177 Å².